The summed E-state index contributed by atoms with van der Waals surface area (Å²) in [6, 6.07) is 0. The molecule has 1 aliphatic carbocycles. The van der Waals surface area contributed by atoms with Crippen LogP contribution in [0.5, 0.6) is 0 Å². The minimum atomic E-state index is -0.571. The van der Waals surface area contributed by atoms with Gasteiger partial charge in [-0.25, -0.2) is 9.59 Å². The minimum absolute atomic E-state index is 0.0223. The van der Waals surface area contributed by atoms with Crippen molar-refractivity contribution in [3.05, 3.63) is 11.6 Å². The first-order valence-electron chi connectivity index (χ1n) is 11.8. The summed E-state index contributed by atoms with van der Waals surface area (Å²) in [4.78, 5) is 24.1. The predicted octanol–water partition coefficient (Wildman–Crippen LogP) is 3.31. The molecule has 0 aromatic carbocycles. The van der Waals surface area contributed by atoms with Gasteiger partial charge in [0, 0.05) is 20.2 Å². The Balaban J connectivity index is 1.52. The van der Waals surface area contributed by atoms with Gasteiger partial charge in [0.05, 0.1) is 18.6 Å². The van der Waals surface area contributed by atoms with Crippen molar-refractivity contribution in [3.8, 4) is 0 Å². The van der Waals surface area contributed by atoms with Crippen LogP contribution in [0, 0.1) is 5.92 Å². The van der Waals surface area contributed by atoms with Gasteiger partial charge >= 0.3 is 12.2 Å². The Morgan fingerprint density at radius 2 is 1.79 bits per heavy atom. The van der Waals surface area contributed by atoms with E-state index in [-0.39, 0.29) is 42.4 Å². The van der Waals surface area contributed by atoms with Crippen LogP contribution in [0.1, 0.15) is 60.8 Å². The van der Waals surface area contributed by atoms with E-state index in [2.05, 4.69) is 37.5 Å². The molecule has 33 heavy (non-hydrogen) atoms. The molecule has 3 fully saturated rings. The molecule has 3 rings (SSSR count). The van der Waals surface area contributed by atoms with Crippen molar-refractivity contribution >= 4 is 12.2 Å². The molecular weight excluding hydrogens is 428 g/mol. The number of rotatable bonds is 8. The topological polar surface area (TPSA) is 111 Å². The van der Waals surface area contributed by atoms with Crippen LogP contribution < -0.4 is 10.6 Å². The minimum Gasteiger partial charge on any atom is -0.444 e. The summed E-state index contributed by atoms with van der Waals surface area (Å²) in [5.74, 6) is -0.0223. The first kappa shape index (κ1) is 25.8. The van der Waals surface area contributed by atoms with E-state index in [0.29, 0.717) is 13.0 Å². The van der Waals surface area contributed by atoms with Crippen LogP contribution in [0.3, 0.4) is 0 Å². The first-order chi connectivity index (χ1) is 15.4. The Kier molecular flexibility index (Phi) is 7.65. The number of allylic oxidation sites excluding steroid dienone is 1. The number of amides is 2. The first-order valence-corrected chi connectivity index (χ1v) is 11.8. The number of carbonyl (C=O) groups is 2. The van der Waals surface area contributed by atoms with Crippen molar-refractivity contribution in [3.63, 3.8) is 0 Å². The van der Waals surface area contributed by atoms with Gasteiger partial charge in [-0.1, -0.05) is 11.6 Å². The van der Waals surface area contributed by atoms with Gasteiger partial charge in [-0.2, -0.15) is 0 Å². The van der Waals surface area contributed by atoms with Gasteiger partial charge in [-0.15, -0.1) is 0 Å². The van der Waals surface area contributed by atoms with Crippen molar-refractivity contribution in [2.45, 2.75) is 95.9 Å². The van der Waals surface area contributed by atoms with Crippen LogP contribution in [-0.2, 0) is 23.7 Å². The number of hydrogen-bond acceptors (Lipinski definition) is 7. The normalized spacial score (nSPS) is 34.9. The van der Waals surface area contributed by atoms with E-state index in [0.717, 1.165) is 12.8 Å². The van der Waals surface area contributed by atoms with Crippen LogP contribution in [0.4, 0.5) is 9.59 Å². The van der Waals surface area contributed by atoms with Gasteiger partial charge in [0.25, 0.3) is 0 Å². The number of ether oxygens (including phenoxy) is 5. The highest BCUT2D eigenvalue weighted by atomic mass is 16.6. The fourth-order valence-corrected chi connectivity index (χ4v) is 4.89. The smallest absolute Gasteiger partial charge is 0.407 e. The highest BCUT2D eigenvalue weighted by molar-refractivity contribution is 5.69. The Morgan fingerprint density at radius 3 is 2.33 bits per heavy atom. The Bertz CT molecular complexity index is 754. The number of hydrogen-bond donors (Lipinski definition) is 2. The maximum Gasteiger partial charge on any atom is 0.407 e. The van der Waals surface area contributed by atoms with Gasteiger partial charge in [-0.3, -0.25) is 0 Å². The summed E-state index contributed by atoms with van der Waals surface area (Å²) < 4.78 is 28.9. The third-order valence-electron chi connectivity index (χ3n) is 6.56. The second kappa shape index (κ2) is 9.80. The van der Waals surface area contributed by atoms with E-state index in [1.807, 2.05) is 0 Å². The summed E-state index contributed by atoms with van der Waals surface area (Å²) in [5, 5.41) is 5.29. The zero-order valence-corrected chi connectivity index (χ0v) is 21.0. The third-order valence-corrected chi connectivity index (χ3v) is 6.56. The molecule has 2 amide bonds. The average Bonchev–Trinajstić information content (AvgIpc) is 3.61. The van der Waals surface area contributed by atoms with Crippen molar-refractivity contribution in [1.82, 2.24) is 10.6 Å². The molecule has 188 valence electrons. The van der Waals surface area contributed by atoms with Crippen molar-refractivity contribution in [2.75, 3.05) is 26.8 Å². The lowest BCUT2D eigenvalue weighted by molar-refractivity contribution is -0.118. The van der Waals surface area contributed by atoms with E-state index < -0.39 is 23.9 Å². The Morgan fingerprint density at radius 1 is 1.15 bits per heavy atom. The van der Waals surface area contributed by atoms with Crippen LogP contribution in [0.15, 0.2) is 11.6 Å². The van der Waals surface area contributed by atoms with Gasteiger partial charge in [-0.05, 0) is 60.8 Å². The third kappa shape index (κ3) is 6.39. The van der Waals surface area contributed by atoms with E-state index >= 15 is 0 Å². The second-order valence-electron chi connectivity index (χ2n) is 10.7. The number of nitrogens with one attached hydrogen (secondary N) is 2. The molecule has 1 spiro atoms. The van der Waals surface area contributed by atoms with E-state index in [9.17, 15) is 9.59 Å². The lowest BCUT2D eigenvalue weighted by Gasteiger charge is -2.42. The maximum atomic E-state index is 12.4. The summed E-state index contributed by atoms with van der Waals surface area (Å²) in [6.07, 6.45) is 2.79. The number of carbonyl (C=O) groups excluding carboxylic acids is 2. The molecule has 0 bridgehead atoms. The quantitative estimate of drug-likeness (QED) is 0.319. The molecule has 0 radical (unpaired) electrons. The van der Waals surface area contributed by atoms with E-state index in [1.54, 1.807) is 27.9 Å². The SMILES string of the molecule is CO[C@@H]1[C@H](OC(=O)NCCNC(=O)OC(C)(C)C)CC[C@]2(CO2)[C@H]1[C@@]1(C)OC1CC=C(C)C. The Hall–Kier alpha value is -1.84. The number of epoxide rings is 2. The number of methoxy groups -OCH3 is 1. The lowest BCUT2D eigenvalue weighted by atomic mass is 9.68. The lowest BCUT2D eigenvalue weighted by Crippen LogP contribution is -2.56. The molecule has 2 aliphatic heterocycles. The van der Waals surface area contributed by atoms with Gasteiger partial charge in [0.1, 0.15) is 29.0 Å². The van der Waals surface area contributed by atoms with Crippen LogP contribution in [-0.4, -0.2) is 74.1 Å². The van der Waals surface area contributed by atoms with Crippen LogP contribution in [0.2, 0.25) is 0 Å². The molecule has 0 aromatic rings. The molecule has 1 saturated carbocycles. The molecule has 1 unspecified atom stereocenters. The molecule has 2 heterocycles. The van der Waals surface area contributed by atoms with Crippen molar-refractivity contribution in [1.29, 1.82) is 0 Å². The zero-order valence-electron chi connectivity index (χ0n) is 21.0. The fourth-order valence-electron chi connectivity index (χ4n) is 4.89. The molecule has 9 nitrogen and oxygen atoms in total. The van der Waals surface area contributed by atoms with Crippen molar-refractivity contribution in [2.24, 2.45) is 5.92 Å². The van der Waals surface area contributed by atoms with Gasteiger partial charge in [0.2, 0.25) is 0 Å². The molecule has 9 heteroatoms. The highest BCUT2D eigenvalue weighted by Crippen LogP contribution is 2.59. The Labute approximate surface area is 196 Å². The van der Waals surface area contributed by atoms with Crippen LogP contribution >= 0.6 is 0 Å². The molecule has 2 saturated heterocycles. The fraction of sp³-hybridized carbons (Fsp3) is 0.833. The summed E-state index contributed by atoms with van der Waals surface area (Å²) in [7, 11) is 1.65. The molecule has 0 aromatic heterocycles. The maximum absolute atomic E-state index is 12.4. The zero-order chi connectivity index (χ0) is 24.4. The number of alkyl carbamates (subject to hydrolysis) is 2. The summed E-state index contributed by atoms with van der Waals surface area (Å²) in [5.41, 5.74) is 0.0522. The molecule has 2 N–H and O–H groups in total. The molecule has 6 atom stereocenters. The monoisotopic (exact) mass is 468 g/mol. The van der Waals surface area contributed by atoms with E-state index in [4.69, 9.17) is 23.7 Å². The molecule has 3 aliphatic rings. The second-order valence-corrected chi connectivity index (χ2v) is 10.7. The summed E-state index contributed by atoms with van der Waals surface area (Å²) >= 11 is 0. The predicted molar refractivity (Wildman–Crippen MR) is 122 cm³/mol. The largest absolute Gasteiger partial charge is 0.444 e. The summed E-state index contributed by atoms with van der Waals surface area (Å²) in [6.45, 7) is 12.8. The van der Waals surface area contributed by atoms with Gasteiger partial charge < -0.3 is 34.3 Å². The van der Waals surface area contributed by atoms with Crippen LogP contribution in [0.25, 0.3) is 0 Å². The van der Waals surface area contributed by atoms with E-state index in [1.165, 1.54) is 5.57 Å². The molecular formula is C24H40N2O7. The highest BCUT2D eigenvalue weighted by Gasteiger charge is 2.72. The standard InChI is InChI=1S/C24H40N2O7/c1-15(2)8-9-17-23(6,32-17)19-18(29-7)16(10-11-24(19)14-30-24)31-20(27)25-12-13-26-21(28)33-22(3,4)5/h8,16-19H,9-14H2,1-7H3,(H,25,27)(H,26,28)/t16-,17?,18-,19-,23+,24+/m1/s1. The average molecular weight is 469 g/mol. The van der Waals surface area contributed by atoms with Gasteiger partial charge in [0.15, 0.2) is 0 Å². The van der Waals surface area contributed by atoms with Crippen molar-refractivity contribution < 1.29 is 33.3 Å².